The van der Waals surface area contributed by atoms with E-state index in [1.54, 1.807) is 13.1 Å². The number of hydrogen-bond donors (Lipinski definition) is 2. The number of fused-ring (bicyclic) bond motifs is 1. The maximum Gasteiger partial charge on any atom is 0.269 e. The van der Waals surface area contributed by atoms with Gasteiger partial charge in [0.05, 0.1) is 11.4 Å². The maximum atomic E-state index is 11.8. The Bertz CT molecular complexity index is 1170. The summed E-state index contributed by atoms with van der Waals surface area (Å²) in [5.74, 6) is 1.83. The highest BCUT2D eigenvalue weighted by atomic mass is 16.1. The fourth-order valence-electron chi connectivity index (χ4n) is 4.15. The smallest absolute Gasteiger partial charge is 0.269 e. The highest BCUT2D eigenvalue weighted by Gasteiger charge is 2.19. The minimum Gasteiger partial charge on any atom is -0.354 e. The van der Waals surface area contributed by atoms with E-state index in [4.69, 9.17) is 0 Å². The lowest BCUT2D eigenvalue weighted by atomic mass is 9.97. The van der Waals surface area contributed by atoms with Crippen LogP contribution in [0.5, 0.6) is 0 Å². The first-order valence-corrected chi connectivity index (χ1v) is 10.9. The Balaban J connectivity index is 1.45. The van der Waals surface area contributed by atoms with Crippen molar-refractivity contribution in [3.05, 3.63) is 70.0 Å². The summed E-state index contributed by atoms with van der Waals surface area (Å²) in [6, 6.07) is 5.83. The number of nitrogens with zero attached hydrogens (tertiary/aromatic N) is 3. The second-order valence-electron chi connectivity index (χ2n) is 8.02. The number of aromatic nitrogens is 2. The molecule has 0 fully saturated rings. The molecule has 0 aliphatic carbocycles. The average Bonchev–Trinajstić information content (AvgIpc) is 2.83. The van der Waals surface area contributed by atoms with Crippen molar-refractivity contribution < 1.29 is 9.59 Å². The first-order chi connectivity index (χ1) is 15.5. The molecule has 0 radical (unpaired) electrons. The molecule has 7 nitrogen and oxygen atoms in total. The Morgan fingerprint density at radius 1 is 1.34 bits per heavy atom. The highest BCUT2D eigenvalue weighted by Crippen LogP contribution is 2.30. The van der Waals surface area contributed by atoms with Crippen LogP contribution in [0.15, 0.2) is 41.7 Å². The fourth-order valence-corrected chi connectivity index (χ4v) is 4.15. The van der Waals surface area contributed by atoms with E-state index in [-0.39, 0.29) is 5.91 Å². The summed E-state index contributed by atoms with van der Waals surface area (Å²) in [4.78, 5) is 34.5. The molecule has 4 rings (SSSR count). The van der Waals surface area contributed by atoms with Crippen molar-refractivity contribution in [2.75, 3.05) is 25.5 Å². The zero-order valence-corrected chi connectivity index (χ0v) is 18.7. The number of nitrogens with one attached hydrogen (secondary N) is 2. The highest BCUT2D eigenvalue weighted by molar-refractivity contribution is 5.92. The van der Waals surface area contributed by atoms with Crippen molar-refractivity contribution in [2.24, 2.45) is 0 Å². The molecule has 0 saturated heterocycles. The van der Waals surface area contributed by atoms with Crippen LogP contribution in [-0.2, 0) is 11.3 Å². The number of allylic oxidation sites excluding steroid dienone is 1. The molecule has 2 N–H and O–H groups in total. The molecule has 4 heterocycles. The third-order valence-corrected chi connectivity index (χ3v) is 5.94. The molecule has 0 atom stereocenters. The van der Waals surface area contributed by atoms with Crippen molar-refractivity contribution in [2.45, 2.75) is 33.2 Å². The zero-order valence-electron chi connectivity index (χ0n) is 18.7. The van der Waals surface area contributed by atoms with E-state index < -0.39 is 0 Å². The molecule has 0 bridgehead atoms. The third-order valence-electron chi connectivity index (χ3n) is 5.94. The van der Waals surface area contributed by atoms with E-state index in [2.05, 4.69) is 37.6 Å². The second kappa shape index (κ2) is 9.30. The van der Waals surface area contributed by atoms with Gasteiger partial charge in [-0.15, -0.1) is 0 Å². The van der Waals surface area contributed by atoms with Crippen LogP contribution in [0.1, 0.15) is 52.8 Å². The minimum absolute atomic E-state index is 0.172. The van der Waals surface area contributed by atoms with Gasteiger partial charge in [0.1, 0.15) is 11.4 Å². The van der Waals surface area contributed by atoms with Gasteiger partial charge in [0.15, 0.2) is 5.94 Å². The molecule has 2 aromatic rings. The number of aryl methyl sites for hydroxylation is 1. The van der Waals surface area contributed by atoms with Gasteiger partial charge in [-0.25, -0.2) is 9.78 Å². The number of carbonyl (C=O) groups excluding carboxylic acids is 2. The molecule has 164 valence electrons. The van der Waals surface area contributed by atoms with Gasteiger partial charge in [-0.2, -0.15) is 0 Å². The molecule has 0 saturated carbocycles. The van der Waals surface area contributed by atoms with Crippen LogP contribution in [0.2, 0.25) is 0 Å². The van der Waals surface area contributed by atoms with Crippen molar-refractivity contribution in [1.29, 1.82) is 0 Å². The van der Waals surface area contributed by atoms with Crippen LogP contribution in [0.3, 0.4) is 0 Å². The van der Waals surface area contributed by atoms with Gasteiger partial charge in [-0.1, -0.05) is 19.1 Å². The summed E-state index contributed by atoms with van der Waals surface area (Å²) in [5, 5.41) is 5.78. The summed E-state index contributed by atoms with van der Waals surface area (Å²) in [6.45, 7) is 6.49. The van der Waals surface area contributed by atoms with Gasteiger partial charge in [-0.3, -0.25) is 14.7 Å². The Morgan fingerprint density at radius 2 is 2.19 bits per heavy atom. The predicted molar refractivity (Wildman–Crippen MR) is 126 cm³/mol. The van der Waals surface area contributed by atoms with Crippen molar-refractivity contribution in [3.63, 3.8) is 0 Å². The van der Waals surface area contributed by atoms with Crippen LogP contribution in [0.4, 0.5) is 5.69 Å². The Hall–Kier alpha value is -3.54. The summed E-state index contributed by atoms with van der Waals surface area (Å²) >= 11 is 0. The van der Waals surface area contributed by atoms with Gasteiger partial charge in [0, 0.05) is 38.6 Å². The Kier molecular flexibility index (Phi) is 6.30. The maximum absolute atomic E-state index is 11.8. The van der Waals surface area contributed by atoms with Gasteiger partial charge in [0.25, 0.3) is 5.91 Å². The van der Waals surface area contributed by atoms with Gasteiger partial charge in [0.2, 0.25) is 0 Å². The molecule has 2 aliphatic rings. The molecule has 7 heteroatoms. The summed E-state index contributed by atoms with van der Waals surface area (Å²) in [5.41, 5.74) is 7.90. The molecule has 2 aromatic heterocycles. The van der Waals surface area contributed by atoms with E-state index in [1.165, 1.54) is 5.57 Å². The average molecular weight is 430 g/mol. The molecule has 32 heavy (non-hydrogen) atoms. The number of rotatable bonds is 5. The van der Waals surface area contributed by atoms with Crippen molar-refractivity contribution >= 4 is 29.2 Å². The molecular formula is C25H27N5O2. The second-order valence-corrected chi connectivity index (χ2v) is 8.02. The lowest BCUT2D eigenvalue weighted by molar-refractivity contribution is 0.0958. The first-order valence-electron chi connectivity index (χ1n) is 10.9. The molecular weight excluding hydrogens is 402 g/mol. The van der Waals surface area contributed by atoms with Crippen LogP contribution < -0.4 is 10.6 Å². The lowest BCUT2D eigenvalue weighted by Crippen LogP contribution is -2.28. The van der Waals surface area contributed by atoms with Crippen molar-refractivity contribution in [3.8, 4) is 0 Å². The van der Waals surface area contributed by atoms with Gasteiger partial charge >= 0.3 is 0 Å². The fraction of sp³-hybridized carbons (Fsp3) is 0.320. The molecule has 0 aromatic carbocycles. The van der Waals surface area contributed by atoms with E-state index in [0.29, 0.717) is 11.4 Å². The van der Waals surface area contributed by atoms with Gasteiger partial charge < -0.3 is 10.6 Å². The summed E-state index contributed by atoms with van der Waals surface area (Å²) < 4.78 is 0. The number of hydrogen-bond acceptors (Lipinski definition) is 6. The molecule has 0 unspecified atom stereocenters. The Morgan fingerprint density at radius 3 is 2.84 bits per heavy atom. The van der Waals surface area contributed by atoms with E-state index in [9.17, 15) is 9.59 Å². The molecule has 0 spiro atoms. The van der Waals surface area contributed by atoms with E-state index >= 15 is 0 Å². The zero-order chi connectivity index (χ0) is 22.7. The first kappa shape index (κ1) is 21.7. The monoisotopic (exact) mass is 429 g/mol. The van der Waals surface area contributed by atoms with E-state index in [0.717, 1.165) is 66.3 Å². The van der Waals surface area contributed by atoms with Crippen molar-refractivity contribution in [1.82, 2.24) is 20.2 Å². The SMILES string of the molecule is CCC1=Cc2ncc(CN3CC=C(c4ccc(C(=O)NC)nc4C)CC3)cc2NC1=C=O. The number of anilines is 1. The van der Waals surface area contributed by atoms with Gasteiger partial charge in [-0.05, 0) is 60.2 Å². The topological polar surface area (TPSA) is 87.2 Å². The van der Waals surface area contributed by atoms with Crippen LogP contribution >= 0.6 is 0 Å². The van der Waals surface area contributed by atoms with Crippen LogP contribution in [0, 0.1) is 6.92 Å². The lowest BCUT2D eigenvalue weighted by Gasteiger charge is -2.27. The number of amides is 1. The Labute approximate surface area is 188 Å². The molecule has 1 amide bonds. The summed E-state index contributed by atoms with van der Waals surface area (Å²) in [6.07, 6.45) is 7.77. The van der Waals surface area contributed by atoms with Crippen LogP contribution in [-0.4, -0.2) is 46.9 Å². The summed E-state index contributed by atoms with van der Waals surface area (Å²) in [7, 11) is 1.61. The standard InChI is InChI=1S/C25H27N5O2/c1-4-18-12-22-23(29-24(18)15-31)11-17(13-27-22)14-30-9-7-19(8-10-30)20-5-6-21(25(32)26-3)28-16(20)2/h5-7,11-13,29H,4,8-10,14H2,1-3H3,(H,26,32). The third kappa shape index (κ3) is 4.40. The quantitative estimate of drug-likeness (QED) is 0.709. The molecule has 2 aliphatic heterocycles. The largest absolute Gasteiger partial charge is 0.354 e. The number of carbonyl (C=O) groups is 1. The van der Waals surface area contributed by atoms with E-state index in [1.807, 2.05) is 38.1 Å². The predicted octanol–water partition coefficient (Wildman–Crippen LogP) is 3.37. The minimum atomic E-state index is -0.172. The van der Waals surface area contributed by atoms with Crippen LogP contribution in [0.25, 0.3) is 11.6 Å². The number of pyridine rings is 2. The normalized spacial score (nSPS) is 15.8.